The van der Waals surface area contributed by atoms with E-state index in [-0.39, 0.29) is 23.9 Å². The predicted molar refractivity (Wildman–Crippen MR) is 93.9 cm³/mol. The number of amides is 1. The van der Waals surface area contributed by atoms with E-state index in [1.807, 2.05) is 20.8 Å². The van der Waals surface area contributed by atoms with Gasteiger partial charge in [0.1, 0.15) is 5.82 Å². The van der Waals surface area contributed by atoms with E-state index in [4.69, 9.17) is 0 Å². The van der Waals surface area contributed by atoms with Crippen molar-refractivity contribution >= 4 is 17.4 Å². The Balaban J connectivity index is 1.88. The number of aryl methyl sites for hydroxylation is 2. The van der Waals surface area contributed by atoms with Crippen molar-refractivity contribution in [2.75, 3.05) is 5.32 Å². The molecule has 0 bridgehead atoms. The van der Waals surface area contributed by atoms with Crippen LogP contribution in [0.3, 0.4) is 0 Å². The standard InChI is InChI=1S/C18H22N4O3/c1-11-20-22(18(2,3)4)17(25)21(11)10-15(23)13-5-7-14-12(9-13)6-8-16(24)19-14/h5,7,9H,6,8,10H2,1-4H3,(H,19,24). The van der Waals surface area contributed by atoms with Gasteiger partial charge >= 0.3 is 5.69 Å². The highest BCUT2D eigenvalue weighted by Crippen LogP contribution is 2.24. The lowest BCUT2D eigenvalue weighted by atomic mass is 9.99. The molecule has 1 aromatic carbocycles. The van der Waals surface area contributed by atoms with Gasteiger partial charge in [-0.1, -0.05) is 0 Å². The van der Waals surface area contributed by atoms with Crippen molar-refractivity contribution in [2.24, 2.45) is 0 Å². The van der Waals surface area contributed by atoms with Crippen LogP contribution in [-0.2, 0) is 23.3 Å². The van der Waals surface area contributed by atoms with Gasteiger partial charge in [0.15, 0.2) is 5.78 Å². The summed E-state index contributed by atoms with van der Waals surface area (Å²) in [5, 5.41) is 7.07. The molecule has 7 nitrogen and oxygen atoms in total. The maximum Gasteiger partial charge on any atom is 0.346 e. The molecule has 2 heterocycles. The molecule has 0 saturated carbocycles. The fraction of sp³-hybridized carbons (Fsp3) is 0.444. The quantitative estimate of drug-likeness (QED) is 0.863. The van der Waals surface area contributed by atoms with Gasteiger partial charge in [0.05, 0.1) is 12.1 Å². The topological polar surface area (TPSA) is 86.0 Å². The monoisotopic (exact) mass is 342 g/mol. The lowest BCUT2D eigenvalue weighted by molar-refractivity contribution is -0.116. The number of nitrogens with one attached hydrogen (secondary N) is 1. The summed E-state index contributed by atoms with van der Waals surface area (Å²) in [6.07, 6.45) is 1.03. The van der Waals surface area contributed by atoms with Gasteiger partial charge in [-0.25, -0.2) is 9.48 Å². The molecular formula is C18H22N4O3. The van der Waals surface area contributed by atoms with Crippen molar-refractivity contribution in [3.05, 3.63) is 45.6 Å². The minimum absolute atomic E-state index is 0.0108. The highest BCUT2D eigenvalue weighted by atomic mass is 16.2. The minimum Gasteiger partial charge on any atom is -0.326 e. The van der Waals surface area contributed by atoms with E-state index in [2.05, 4.69) is 10.4 Å². The fourth-order valence-electron chi connectivity index (χ4n) is 2.90. The van der Waals surface area contributed by atoms with Crippen LogP contribution in [0.2, 0.25) is 0 Å². The van der Waals surface area contributed by atoms with E-state index in [9.17, 15) is 14.4 Å². The number of carbonyl (C=O) groups excluding carboxylic acids is 2. The third-order valence-corrected chi connectivity index (χ3v) is 4.31. The average Bonchev–Trinajstić information content (AvgIpc) is 2.82. The molecule has 7 heteroatoms. The Bertz CT molecular complexity index is 915. The van der Waals surface area contributed by atoms with Crippen LogP contribution in [0.4, 0.5) is 5.69 Å². The lowest BCUT2D eigenvalue weighted by Gasteiger charge is -2.17. The maximum absolute atomic E-state index is 12.6. The van der Waals surface area contributed by atoms with Crippen molar-refractivity contribution < 1.29 is 9.59 Å². The predicted octanol–water partition coefficient (Wildman–Crippen LogP) is 1.88. The molecule has 132 valence electrons. The summed E-state index contributed by atoms with van der Waals surface area (Å²) < 4.78 is 2.80. The number of anilines is 1. The number of ketones is 1. The van der Waals surface area contributed by atoms with Crippen molar-refractivity contribution in [3.8, 4) is 0 Å². The van der Waals surface area contributed by atoms with Crippen LogP contribution < -0.4 is 11.0 Å². The third kappa shape index (κ3) is 3.26. The van der Waals surface area contributed by atoms with Crippen LogP contribution >= 0.6 is 0 Å². The summed E-state index contributed by atoms with van der Waals surface area (Å²) >= 11 is 0. The number of hydrogen-bond donors (Lipinski definition) is 1. The highest BCUT2D eigenvalue weighted by molar-refractivity contribution is 5.98. The number of hydrogen-bond acceptors (Lipinski definition) is 4. The molecule has 1 aliphatic heterocycles. The summed E-state index contributed by atoms with van der Waals surface area (Å²) in [4.78, 5) is 36.6. The van der Waals surface area contributed by atoms with E-state index in [1.54, 1.807) is 25.1 Å². The van der Waals surface area contributed by atoms with Crippen molar-refractivity contribution in [1.82, 2.24) is 14.3 Å². The molecular weight excluding hydrogens is 320 g/mol. The molecule has 1 aromatic heterocycles. The summed E-state index contributed by atoms with van der Waals surface area (Å²) in [5.41, 5.74) is 1.50. The van der Waals surface area contributed by atoms with Gasteiger partial charge in [0.25, 0.3) is 0 Å². The normalized spacial score (nSPS) is 14.2. The zero-order valence-corrected chi connectivity index (χ0v) is 14.9. The molecule has 0 fully saturated rings. The summed E-state index contributed by atoms with van der Waals surface area (Å²) in [7, 11) is 0. The number of benzene rings is 1. The molecule has 1 amide bonds. The van der Waals surface area contributed by atoms with Crippen molar-refractivity contribution in [2.45, 2.75) is 52.6 Å². The lowest BCUT2D eigenvalue weighted by Crippen LogP contribution is -2.36. The van der Waals surface area contributed by atoms with E-state index in [0.29, 0.717) is 24.2 Å². The summed E-state index contributed by atoms with van der Waals surface area (Å²) in [6.45, 7) is 7.35. The van der Waals surface area contributed by atoms with E-state index >= 15 is 0 Å². The molecule has 3 rings (SSSR count). The van der Waals surface area contributed by atoms with Gasteiger partial charge in [-0.05, 0) is 57.9 Å². The average molecular weight is 342 g/mol. The van der Waals surface area contributed by atoms with E-state index in [1.165, 1.54) is 9.25 Å². The first kappa shape index (κ1) is 17.1. The second-order valence-corrected chi connectivity index (χ2v) is 7.34. The first-order chi connectivity index (χ1) is 11.7. The molecule has 1 aliphatic rings. The Labute approximate surface area is 145 Å². The van der Waals surface area contributed by atoms with Crippen LogP contribution in [0.5, 0.6) is 0 Å². The fourth-order valence-corrected chi connectivity index (χ4v) is 2.90. The Morgan fingerprint density at radius 1 is 1.24 bits per heavy atom. The van der Waals surface area contributed by atoms with Crippen LogP contribution in [0, 0.1) is 6.92 Å². The van der Waals surface area contributed by atoms with Crippen LogP contribution in [0.25, 0.3) is 0 Å². The SMILES string of the molecule is Cc1nn(C(C)(C)C)c(=O)n1CC(=O)c1ccc2c(c1)CCC(=O)N2. The first-order valence-corrected chi connectivity index (χ1v) is 8.30. The van der Waals surface area contributed by atoms with Crippen molar-refractivity contribution in [3.63, 3.8) is 0 Å². The second kappa shape index (κ2) is 5.98. The zero-order valence-electron chi connectivity index (χ0n) is 14.9. The number of nitrogens with zero attached hydrogens (tertiary/aromatic N) is 3. The van der Waals surface area contributed by atoms with Crippen LogP contribution in [-0.4, -0.2) is 26.0 Å². The van der Waals surface area contributed by atoms with Gasteiger partial charge in [0.2, 0.25) is 5.91 Å². The molecule has 0 atom stereocenters. The molecule has 0 radical (unpaired) electrons. The van der Waals surface area contributed by atoms with Crippen LogP contribution in [0.15, 0.2) is 23.0 Å². The van der Waals surface area contributed by atoms with E-state index < -0.39 is 5.54 Å². The van der Waals surface area contributed by atoms with Gasteiger partial charge in [0, 0.05) is 17.7 Å². The molecule has 0 aliphatic carbocycles. The Hall–Kier alpha value is -2.70. The van der Waals surface area contributed by atoms with Crippen molar-refractivity contribution in [1.29, 1.82) is 0 Å². The number of rotatable bonds is 3. The number of fused-ring (bicyclic) bond motifs is 1. The third-order valence-electron chi connectivity index (χ3n) is 4.31. The molecule has 0 unspecified atom stereocenters. The largest absolute Gasteiger partial charge is 0.346 e. The van der Waals surface area contributed by atoms with E-state index in [0.717, 1.165) is 11.3 Å². The Morgan fingerprint density at radius 3 is 2.60 bits per heavy atom. The minimum atomic E-state index is -0.444. The van der Waals surface area contributed by atoms with Crippen LogP contribution in [0.1, 0.15) is 48.9 Å². The van der Waals surface area contributed by atoms with Gasteiger partial charge in [-0.15, -0.1) is 0 Å². The molecule has 0 spiro atoms. The smallest absolute Gasteiger partial charge is 0.326 e. The number of carbonyl (C=O) groups is 2. The number of aromatic nitrogens is 3. The first-order valence-electron chi connectivity index (χ1n) is 8.30. The Morgan fingerprint density at radius 2 is 1.96 bits per heavy atom. The van der Waals surface area contributed by atoms with Gasteiger partial charge in [-0.2, -0.15) is 5.10 Å². The number of Topliss-reactive ketones (excluding diaryl/α,β-unsaturated/α-hetero) is 1. The van der Waals surface area contributed by atoms with Gasteiger partial charge < -0.3 is 5.32 Å². The highest BCUT2D eigenvalue weighted by Gasteiger charge is 2.23. The zero-order chi connectivity index (χ0) is 18.4. The molecule has 2 aromatic rings. The van der Waals surface area contributed by atoms with Gasteiger partial charge in [-0.3, -0.25) is 14.2 Å². The molecule has 25 heavy (non-hydrogen) atoms. The second-order valence-electron chi connectivity index (χ2n) is 7.34. The summed E-state index contributed by atoms with van der Waals surface area (Å²) in [5.74, 6) is 0.347. The molecule has 1 N–H and O–H groups in total. The summed E-state index contributed by atoms with van der Waals surface area (Å²) in [6, 6.07) is 5.22. The maximum atomic E-state index is 12.6. The Kier molecular flexibility index (Phi) is 4.10. The molecule has 0 saturated heterocycles.